The van der Waals surface area contributed by atoms with Crippen molar-refractivity contribution in [2.75, 3.05) is 0 Å². The van der Waals surface area contributed by atoms with Crippen molar-refractivity contribution in [2.24, 2.45) is 0 Å². The lowest BCUT2D eigenvalue weighted by molar-refractivity contribution is -0.137. The Hall–Kier alpha value is -3.49. The predicted octanol–water partition coefficient (Wildman–Crippen LogP) is 3.53. The van der Waals surface area contributed by atoms with E-state index in [4.69, 9.17) is 0 Å². The molecule has 4 aromatic heterocycles. The van der Waals surface area contributed by atoms with Crippen molar-refractivity contribution in [3.63, 3.8) is 0 Å². The van der Waals surface area contributed by atoms with Gasteiger partial charge in [0.05, 0.1) is 29.3 Å². The Bertz CT molecular complexity index is 1020. The van der Waals surface area contributed by atoms with E-state index >= 15 is 0 Å². The number of hydrogen-bond acceptors (Lipinski definition) is 4. The van der Waals surface area contributed by atoms with E-state index in [1.807, 2.05) is 12.1 Å². The van der Waals surface area contributed by atoms with E-state index in [0.717, 1.165) is 23.5 Å². The second-order valence-corrected chi connectivity index (χ2v) is 5.43. The SMILES string of the molecule is FC(F)(F)c1ccc(-n2ccc(-c3cnn(-c4cccnc4)c3)n2)nc1. The van der Waals surface area contributed by atoms with Crippen LogP contribution in [0.5, 0.6) is 0 Å². The van der Waals surface area contributed by atoms with Crippen LogP contribution < -0.4 is 0 Å². The fourth-order valence-corrected chi connectivity index (χ4v) is 2.38. The van der Waals surface area contributed by atoms with E-state index in [1.165, 1.54) is 10.7 Å². The Morgan fingerprint density at radius 3 is 2.50 bits per heavy atom. The zero-order valence-corrected chi connectivity index (χ0v) is 13.2. The van der Waals surface area contributed by atoms with Crippen molar-refractivity contribution in [3.05, 3.63) is 73.1 Å². The van der Waals surface area contributed by atoms with Crippen LogP contribution in [0.3, 0.4) is 0 Å². The number of aromatic nitrogens is 6. The third-order valence-electron chi connectivity index (χ3n) is 3.69. The minimum atomic E-state index is -4.41. The molecule has 0 N–H and O–H groups in total. The highest BCUT2D eigenvalue weighted by Gasteiger charge is 2.30. The lowest BCUT2D eigenvalue weighted by Crippen LogP contribution is -2.07. The van der Waals surface area contributed by atoms with Gasteiger partial charge in [-0.15, -0.1) is 0 Å². The normalized spacial score (nSPS) is 11.7. The van der Waals surface area contributed by atoms with Crippen molar-refractivity contribution < 1.29 is 13.2 Å². The summed E-state index contributed by atoms with van der Waals surface area (Å²) in [7, 11) is 0. The molecule has 0 atom stereocenters. The second kappa shape index (κ2) is 6.10. The number of nitrogens with zero attached hydrogens (tertiary/aromatic N) is 6. The van der Waals surface area contributed by atoms with Crippen molar-refractivity contribution >= 4 is 0 Å². The second-order valence-electron chi connectivity index (χ2n) is 5.43. The highest BCUT2D eigenvalue weighted by atomic mass is 19.4. The van der Waals surface area contributed by atoms with Crippen LogP contribution in [0.1, 0.15) is 5.56 Å². The van der Waals surface area contributed by atoms with Gasteiger partial charge >= 0.3 is 6.18 Å². The molecule has 0 saturated heterocycles. The summed E-state index contributed by atoms with van der Waals surface area (Å²) < 4.78 is 40.9. The Kier molecular flexibility index (Phi) is 3.76. The molecule has 4 heterocycles. The van der Waals surface area contributed by atoms with Gasteiger partial charge in [0, 0.05) is 30.4 Å². The monoisotopic (exact) mass is 356 g/mol. The Labute approximate surface area is 145 Å². The summed E-state index contributed by atoms with van der Waals surface area (Å²) in [6.45, 7) is 0. The lowest BCUT2D eigenvalue weighted by atomic mass is 10.3. The third kappa shape index (κ3) is 3.06. The molecule has 0 saturated carbocycles. The van der Waals surface area contributed by atoms with E-state index in [2.05, 4.69) is 20.2 Å². The summed E-state index contributed by atoms with van der Waals surface area (Å²) in [5, 5.41) is 8.62. The quantitative estimate of drug-likeness (QED) is 0.563. The highest BCUT2D eigenvalue weighted by molar-refractivity contribution is 5.57. The van der Waals surface area contributed by atoms with Crippen molar-refractivity contribution in [3.8, 4) is 22.8 Å². The first-order chi connectivity index (χ1) is 12.5. The van der Waals surface area contributed by atoms with Gasteiger partial charge in [0.25, 0.3) is 0 Å². The van der Waals surface area contributed by atoms with Gasteiger partial charge in [-0.1, -0.05) is 0 Å². The van der Waals surface area contributed by atoms with Gasteiger partial charge in [-0.2, -0.15) is 23.4 Å². The van der Waals surface area contributed by atoms with Crippen LogP contribution in [0.4, 0.5) is 13.2 Å². The number of pyridine rings is 2. The standard InChI is InChI=1S/C17H11F3N6/c18-17(19,20)13-3-4-16(22-9-13)25-7-5-15(24-25)12-8-23-26(11-12)14-2-1-6-21-10-14/h1-11H. The average Bonchev–Trinajstić information content (AvgIpc) is 3.31. The van der Waals surface area contributed by atoms with Crippen LogP contribution in [-0.4, -0.2) is 29.5 Å². The highest BCUT2D eigenvalue weighted by Crippen LogP contribution is 2.28. The van der Waals surface area contributed by atoms with E-state index < -0.39 is 11.7 Å². The minimum Gasteiger partial charge on any atom is -0.262 e. The third-order valence-corrected chi connectivity index (χ3v) is 3.69. The van der Waals surface area contributed by atoms with Crippen molar-refractivity contribution in [1.82, 2.24) is 29.5 Å². The molecule has 9 heteroatoms. The lowest BCUT2D eigenvalue weighted by Gasteiger charge is -2.06. The zero-order valence-electron chi connectivity index (χ0n) is 13.2. The molecule has 26 heavy (non-hydrogen) atoms. The summed E-state index contributed by atoms with van der Waals surface area (Å²) >= 11 is 0. The molecule has 4 aromatic rings. The molecule has 0 aliphatic rings. The fourth-order valence-electron chi connectivity index (χ4n) is 2.38. The number of alkyl halides is 3. The van der Waals surface area contributed by atoms with Crippen LogP contribution >= 0.6 is 0 Å². The predicted molar refractivity (Wildman–Crippen MR) is 86.7 cm³/mol. The van der Waals surface area contributed by atoms with Gasteiger partial charge < -0.3 is 0 Å². The Balaban J connectivity index is 1.60. The molecular weight excluding hydrogens is 345 g/mol. The number of hydrogen-bond donors (Lipinski definition) is 0. The van der Waals surface area contributed by atoms with E-state index in [-0.39, 0.29) is 0 Å². The van der Waals surface area contributed by atoms with Gasteiger partial charge in [0.1, 0.15) is 0 Å². The molecule has 6 nitrogen and oxygen atoms in total. The van der Waals surface area contributed by atoms with Gasteiger partial charge in [0.15, 0.2) is 5.82 Å². The largest absolute Gasteiger partial charge is 0.417 e. The molecule has 0 bridgehead atoms. The molecule has 0 spiro atoms. The first-order valence-corrected chi connectivity index (χ1v) is 7.55. The van der Waals surface area contributed by atoms with Gasteiger partial charge in [-0.3, -0.25) is 4.98 Å². The van der Waals surface area contributed by atoms with Crippen LogP contribution in [0.15, 0.2) is 67.5 Å². The van der Waals surface area contributed by atoms with Crippen LogP contribution in [0.2, 0.25) is 0 Å². The van der Waals surface area contributed by atoms with Crippen molar-refractivity contribution in [1.29, 1.82) is 0 Å². The summed E-state index contributed by atoms with van der Waals surface area (Å²) in [4.78, 5) is 7.87. The van der Waals surface area contributed by atoms with Crippen LogP contribution in [0.25, 0.3) is 22.8 Å². The molecule has 4 rings (SSSR count). The topological polar surface area (TPSA) is 61.4 Å². The van der Waals surface area contributed by atoms with E-state index in [0.29, 0.717) is 11.5 Å². The number of halogens is 3. The summed E-state index contributed by atoms with van der Waals surface area (Å²) in [5.41, 5.74) is 1.40. The smallest absolute Gasteiger partial charge is 0.262 e. The summed E-state index contributed by atoms with van der Waals surface area (Å²) in [5.74, 6) is 0.295. The van der Waals surface area contributed by atoms with Gasteiger partial charge in [-0.05, 0) is 30.3 Å². The first kappa shape index (κ1) is 16.0. The number of rotatable bonds is 3. The summed E-state index contributed by atoms with van der Waals surface area (Å²) in [6, 6.07) is 7.67. The molecule has 130 valence electrons. The molecule has 0 aliphatic carbocycles. The molecule has 0 aliphatic heterocycles. The van der Waals surface area contributed by atoms with Gasteiger partial charge in [0.2, 0.25) is 0 Å². The van der Waals surface area contributed by atoms with E-state index in [9.17, 15) is 13.2 Å². The zero-order chi connectivity index (χ0) is 18.1. The minimum absolute atomic E-state index is 0.295. The molecular formula is C17H11F3N6. The Morgan fingerprint density at radius 1 is 0.923 bits per heavy atom. The maximum Gasteiger partial charge on any atom is 0.417 e. The average molecular weight is 356 g/mol. The maximum atomic E-state index is 12.6. The fraction of sp³-hybridized carbons (Fsp3) is 0.0588. The first-order valence-electron chi connectivity index (χ1n) is 7.55. The Morgan fingerprint density at radius 2 is 1.81 bits per heavy atom. The maximum absolute atomic E-state index is 12.6. The molecule has 0 unspecified atom stereocenters. The molecule has 0 aromatic carbocycles. The molecule has 0 radical (unpaired) electrons. The van der Waals surface area contributed by atoms with Crippen LogP contribution in [-0.2, 0) is 6.18 Å². The molecule has 0 amide bonds. The summed E-state index contributed by atoms with van der Waals surface area (Å²) in [6.07, 6.45) is 4.81. The van der Waals surface area contributed by atoms with Crippen LogP contribution in [0, 0.1) is 0 Å². The van der Waals surface area contributed by atoms with E-state index in [1.54, 1.807) is 41.7 Å². The molecule has 0 fully saturated rings. The van der Waals surface area contributed by atoms with Gasteiger partial charge in [-0.25, -0.2) is 14.3 Å². The van der Waals surface area contributed by atoms with Crippen molar-refractivity contribution in [2.45, 2.75) is 6.18 Å².